The van der Waals surface area contributed by atoms with Crippen molar-refractivity contribution in [1.29, 1.82) is 0 Å². The molecule has 1 saturated heterocycles. The van der Waals surface area contributed by atoms with Crippen LogP contribution in [-0.2, 0) is 5.54 Å². The minimum atomic E-state index is -1.27. The Bertz CT molecular complexity index is 1060. The summed E-state index contributed by atoms with van der Waals surface area (Å²) in [6.45, 7) is 0.503. The number of urea groups is 1. The summed E-state index contributed by atoms with van der Waals surface area (Å²) in [5.41, 5.74) is -0.167. The second kappa shape index (κ2) is 9.80. The summed E-state index contributed by atoms with van der Waals surface area (Å²) in [6.07, 6.45) is 1.42. The van der Waals surface area contributed by atoms with Gasteiger partial charge in [-0.25, -0.2) is 18.0 Å². The van der Waals surface area contributed by atoms with Gasteiger partial charge in [0.25, 0.3) is 0 Å². The van der Waals surface area contributed by atoms with Gasteiger partial charge in [-0.3, -0.25) is 0 Å². The first-order chi connectivity index (χ1) is 16.2. The van der Waals surface area contributed by atoms with E-state index < -0.39 is 36.0 Å². The number of amides is 2. The van der Waals surface area contributed by atoms with Crippen LogP contribution in [0.15, 0.2) is 54.6 Å². The van der Waals surface area contributed by atoms with Crippen LogP contribution in [-0.4, -0.2) is 78.4 Å². The van der Waals surface area contributed by atoms with Crippen molar-refractivity contribution >= 4 is 11.6 Å². The van der Waals surface area contributed by atoms with E-state index in [1.54, 1.807) is 37.4 Å². The lowest BCUT2D eigenvalue weighted by molar-refractivity contribution is 0.0758. The number of aliphatic hydroxyl groups excluding tert-OH is 1. The summed E-state index contributed by atoms with van der Waals surface area (Å²) in [6, 6.07) is 11.4. The molecule has 2 aliphatic rings. The molecule has 2 aliphatic heterocycles. The van der Waals surface area contributed by atoms with Gasteiger partial charge in [0.15, 0.2) is 0 Å². The molecule has 182 valence electrons. The first-order valence-electron chi connectivity index (χ1n) is 11.5. The van der Waals surface area contributed by atoms with Crippen LogP contribution >= 0.6 is 0 Å². The number of benzene rings is 2. The highest BCUT2D eigenvalue weighted by Crippen LogP contribution is 2.41. The Balaban J connectivity index is 1.73. The SMILES string of the molecule is CN1CC[C@@H](N(C)C(=O)N2CC(c3cc(F)ccc3F)=C[C@@]2(CO)c2ccccc2)C[C@H](F)C1. The maximum Gasteiger partial charge on any atom is 0.321 e. The number of carbonyl (C=O) groups excluding carboxylic acids is 1. The molecule has 5 nitrogen and oxygen atoms in total. The number of alkyl halides is 1. The normalized spacial score (nSPS) is 25.7. The molecule has 0 aromatic heterocycles. The first-order valence-corrected chi connectivity index (χ1v) is 11.5. The van der Waals surface area contributed by atoms with Gasteiger partial charge in [0, 0.05) is 38.2 Å². The van der Waals surface area contributed by atoms with Gasteiger partial charge in [0.2, 0.25) is 0 Å². The molecule has 0 radical (unpaired) electrons. The molecule has 34 heavy (non-hydrogen) atoms. The van der Waals surface area contributed by atoms with Crippen LogP contribution in [0, 0.1) is 11.6 Å². The summed E-state index contributed by atoms with van der Waals surface area (Å²) >= 11 is 0. The van der Waals surface area contributed by atoms with Crippen LogP contribution in [0.1, 0.15) is 24.0 Å². The Hall–Kier alpha value is -2.84. The Labute approximate surface area is 198 Å². The monoisotopic (exact) mass is 473 g/mol. The van der Waals surface area contributed by atoms with E-state index in [9.17, 15) is 23.1 Å². The third kappa shape index (κ3) is 4.57. The quantitative estimate of drug-likeness (QED) is 0.729. The Morgan fingerprint density at radius 3 is 2.65 bits per heavy atom. The molecule has 1 N–H and O–H groups in total. The fourth-order valence-corrected chi connectivity index (χ4v) is 5.04. The first kappa shape index (κ1) is 24.3. The zero-order chi connectivity index (χ0) is 24.5. The van der Waals surface area contributed by atoms with Crippen molar-refractivity contribution in [3.05, 3.63) is 77.4 Å². The van der Waals surface area contributed by atoms with Crippen LogP contribution < -0.4 is 0 Å². The second-order valence-electron chi connectivity index (χ2n) is 9.26. The number of halogens is 3. The van der Waals surface area contributed by atoms with Crippen molar-refractivity contribution in [2.24, 2.45) is 0 Å². The van der Waals surface area contributed by atoms with Gasteiger partial charge < -0.3 is 19.8 Å². The second-order valence-corrected chi connectivity index (χ2v) is 9.26. The summed E-state index contributed by atoms with van der Waals surface area (Å²) in [4.78, 5) is 18.7. The molecule has 0 saturated carbocycles. The predicted octanol–water partition coefficient (Wildman–Crippen LogP) is 4.04. The van der Waals surface area contributed by atoms with E-state index in [0.29, 0.717) is 30.6 Å². The van der Waals surface area contributed by atoms with E-state index in [1.807, 2.05) is 18.0 Å². The Morgan fingerprint density at radius 2 is 1.94 bits per heavy atom. The van der Waals surface area contributed by atoms with E-state index in [0.717, 1.165) is 18.2 Å². The van der Waals surface area contributed by atoms with Gasteiger partial charge in [0.1, 0.15) is 23.3 Å². The van der Waals surface area contributed by atoms with Crippen LogP contribution in [0.25, 0.3) is 5.57 Å². The molecular formula is C26H30F3N3O2. The maximum atomic E-state index is 14.7. The van der Waals surface area contributed by atoms with Crippen molar-refractivity contribution in [2.75, 3.05) is 40.3 Å². The van der Waals surface area contributed by atoms with E-state index in [1.165, 1.54) is 9.80 Å². The molecule has 0 spiro atoms. The standard InChI is InChI=1S/C26H30F3N3O2/c1-30-11-10-22(12-21(28)16-30)31(2)25(34)32-15-18(23-13-20(27)8-9-24(23)29)14-26(32,17-33)19-6-4-3-5-7-19/h3-9,13-14,21-22,33H,10-12,15-17H2,1-2H3/t21-,22+,26+/m0/s1. The number of aliphatic hydroxyl groups is 1. The van der Waals surface area contributed by atoms with Crippen LogP contribution in [0.3, 0.4) is 0 Å². The fraction of sp³-hybridized carbons (Fsp3) is 0.423. The van der Waals surface area contributed by atoms with Crippen molar-refractivity contribution in [1.82, 2.24) is 14.7 Å². The summed E-state index contributed by atoms with van der Waals surface area (Å²) in [7, 11) is 3.49. The molecule has 2 aromatic rings. The van der Waals surface area contributed by atoms with Crippen LogP contribution in [0.2, 0.25) is 0 Å². The van der Waals surface area contributed by atoms with E-state index >= 15 is 0 Å². The molecule has 3 atom stereocenters. The minimum Gasteiger partial charge on any atom is -0.393 e. The molecule has 2 aromatic carbocycles. The number of hydrogen-bond acceptors (Lipinski definition) is 3. The minimum absolute atomic E-state index is 0.0231. The van der Waals surface area contributed by atoms with Crippen molar-refractivity contribution in [2.45, 2.75) is 30.6 Å². The van der Waals surface area contributed by atoms with Crippen molar-refractivity contribution < 1.29 is 23.1 Å². The average Bonchev–Trinajstić information content (AvgIpc) is 3.14. The molecule has 1 fully saturated rings. The number of carbonyl (C=O) groups is 1. The number of rotatable bonds is 4. The van der Waals surface area contributed by atoms with Gasteiger partial charge in [-0.2, -0.15) is 0 Å². The number of likely N-dealkylation sites (tertiary alicyclic amines) is 1. The van der Waals surface area contributed by atoms with Gasteiger partial charge in [-0.05, 0) is 55.4 Å². The van der Waals surface area contributed by atoms with Gasteiger partial charge in [0.05, 0.1) is 6.61 Å². The van der Waals surface area contributed by atoms with E-state index in [-0.39, 0.29) is 24.6 Å². The summed E-state index contributed by atoms with van der Waals surface area (Å²) in [5.74, 6) is -1.20. The fourth-order valence-electron chi connectivity index (χ4n) is 5.04. The smallest absolute Gasteiger partial charge is 0.321 e. The third-order valence-corrected chi connectivity index (χ3v) is 6.97. The molecule has 8 heteroatoms. The van der Waals surface area contributed by atoms with Gasteiger partial charge in [-0.1, -0.05) is 30.3 Å². The number of nitrogens with zero attached hydrogens (tertiary/aromatic N) is 3. The predicted molar refractivity (Wildman–Crippen MR) is 125 cm³/mol. The average molecular weight is 474 g/mol. The van der Waals surface area contributed by atoms with E-state index in [2.05, 4.69) is 0 Å². The molecule has 0 aliphatic carbocycles. The zero-order valence-corrected chi connectivity index (χ0v) is 19.4. The van der Waals surface area contributed by atoms with Gasteiger partial charge in [-0.15, -0.1) is 0 Å². The van der Waals surface area contributed by atoms with Crippen molar-refractivity contribution in [3.8, 4) is 0 Å². The van der Waals surface area contributed by atoms with E-state index in [4.69, 9.17) is 0 Å². The van der Waals surface area contributed by atoms with Gasteiger partial charge >= 0.3 is 6.03 Å². The summed E-state index contributed by atoms with van der Waals surface area (Å²) in [5, 5.41) is 10.6. The van der Waals surface area contributed by atoms with Crippen LogP contribution in [0.5, 0.6) is 0 Å². The largest absolute Gasteiger partial charge is 0.393 e. The van der Waals surface area contributed by atoms with Crippen molar-refractivity contribution in [3.63, 3.8) is 0 Å². The lowest BCUT2D eigenvalue weighted by atomic mass is 9.89. The summed E-state index contributed by atoms with van der Waals surface area (Å²) < 4.78 is 43.1. The zero-order valence-electron chi connectivity index (χ0n) is 19.4. The molecule has 2 amide bonds. The lowest BCUT2D eigenvalue weighted by Gasteiger charge is -2.41. The number of hydrogen-bond donors (Lipinski definition) is 1. The lowest BCUT2D eigenvalue weighted by Crippen LogP contribution is -2.54. The third-order valence-electron chi connectivity index (χ3n) is 6.97. The highest BCUT2D eigenvalue weighted by molar-refractivity contribution is 5.83. The molecule has 2 heterocycles. The Kier molecular flexibility index (Phi) is 7.00. The topological polar surface area (TPSA) is 47.0 Å². The maximum absolute atomic E-state index is 14.7. The molecule has 4 rings (SSSR count). The van der Waals surface area contributed by atoms with Crippen LogP contribution in [0.4, 0.5) is 18.0 Å². The highest BCUT2D eigenvalue weighted by Gasteiger charge is 2.46. The molecule has 0 unspecified atom stereocenters. The molecular weight excluding hydrogens is 443 g/mol. The Morgan fingerprint density at radius 1 is 1.21 bits per heavy atom. The molecule has 0 bridgehead atoms. The highest BCUT2D eigenvalue weighted by atomic mass is 19.1.